The number of benzene rings is 1. The lowest BCUT2D eigenvalue weighted by Crippen LogP contribution is -2.50. The van der Waals surface area contributed by atoms with E-state index in [1.165, 1.54) is 12.1 Å². The SMILES string of the molecule is CC(C)CS(=O)(=O)CC(=O)N1CCNCC1c1cccc(F)c1.Cl. The monoisotopic (exact) mass is 378 g/mol. The van der Waals surface area contributed by atoms with Gasteiger partial charge in [-0.25, -0.2) is 12.8 Å². The second-order valence-corrected chi connectivity index (χ2v) is 8.42. The third kappa shape index (κ3) is 5.72. The van der Waals surface area contributed by atoms with Gasteiger partial charge in [-0.3, -0.25) is 4.79 Å². The van der Waals surface area contributed by atoms with Crippen molar-refractivity contribution in [1.29, 1.82) is 0 Å². The molecular formula is C16H24ClFN2O3S. The molecule has 1 unspecified atom stereocenters. The zero-order valence-electron chi connectivity index (χ0n) is 13.9. The van der Waals surface area contributed by atoms with Crippen LogP contribution in [0.3, 0.4) is 0 Å². The molecule has 1 amide bonds. The van der Waals surface area contributed by atoms with Gasteiger partial charge in [-0.15, -0.1) is 12.4 Å². The number of piperazine rings is 1. The molecule has 0 aromatic heterocycles. The number of nitrogens with zero attached hydrogens (tertiary/aromatic N) is 1. The Bertz CT molecular complexity index is 667. The summed E-state index contributed by atoms with van der Waals surface area (Å²) in [6.07, 6.45) is 0. The largest absolute Gasteiger partial charge is 0.332 e. The van der Waals surface area contributed by atoms with E-state index in [-0.39, 0.29) is 35.9 Å². The highest BCUT2D eigenvalue weighted by Gasteiger charge is 2.30. The van der Waals surface area contributed by atoms with E-state index >= 15 is 0 Å². The van der Waals surface area contributed by atoms with Crippen molar-refractivity contribution < 1.29 is 17.6 Å². The van der Waals surface area contributed by atoms with Crippen molar-refractivity contribution >= 4 is 28.2 Å². The third-order valence-corrected chi connectivity index (χ3v) is 5.59. The molecule has 1 aliphatic heterocycles. The Morgan fingerprint density at radius 1 is 1.42 bits per heavy atom. The van der Waals surface area contributed by atoms with Crippen LogP contribution in [0.15, 0.2) is 24.3 Å². The van der Waals surface area contributed by atoms with E-state index in [0.717, 1.165) is 0 Å². The van der Waals surface area contributed by atoms with Gasteiger partial charge in [0.05, 0.1) is 11.8 Å². The number of hydrogen-bond donors (Lipinski definition) is 1. The summed E-state index contributed by atoms with van der Waals surface area (Å²) in [7, 11) is -3.43. The van der Waals surface area contributed by atoms with Crippen LogP contribution in [-0.4, -0.2) is 50.4 Å². The number of halogens is 2. The van der Waals surface area contributed by atoms with Gasteiger partial charge in [-0.1, -0.05) is 26.0 Å². The van der Waals surface area contributed by atoms with E-state index in [4.69, 9.17) is 0 Å². The molecule has 0 spiro atoms. The fourth-order valence-electron chi connectivity index (χ4n) is 2.85. The van der Waals surface area contributed by atoms with Gasteiger partial charge in [0.2, 0.25) is 5.91 Å². The zero-order chi connectivity index (χ0) is 17.0. The summed E-state index contributed by atoms with van der Waals surface area (Å²) in [6.45, 7) is 5.11. The number of rotatable bonds is 5. The summed E-state index contributed by atoms with van der Waals surface area (Å²) in [6, 6.07) is 5.74. The van der Waals surface area contributed by atoms with Crippen molar-refractivity contribution in [3.05, 3.63) is 35.6 Å². The van der Waals surface area contributed by atoms with Crippen LogP contribution in [0.25, 0.3) is 0 Å². The van der Waals surface area contributed by atoms with Crippen molar-refractivity contribution in [3.8, 4) is 0 Å². The third-order valence-electron chi connectivity index (χ3n) is 3.73. The van der Waals surface area contributed by atoms with E-state index in [0.29, 0.717) is 25.2 Å². The van der Waals surface area contributed by atoms with Crippen molar-refractivity contribution in [3.63, 3.8) is 0 Å². The predicted molar refractivity (Wildman–Crippen MR) is 94.5 cm³/mol. The normalized spacial score (nSPS) is 18.3. The molecule has 136 valence electrons. The molecule has 1 N–H and O–H groups in total. The van der Waals surface area contributed by atoms with Gasteiger partial charge in [-0.2, -0.15) is 0 Å². The molecule has 0 bridgehead atoms. The van der Waals surface area contributed by atoms with Crippen molar-refractivity contribution in [1.82, 2.24) is 10.2 Å². The first kappa shape index (κ1) is 20.9. The van der Waals surface area contributed by atoms with Crippen molar-refractivity contribution in [2.45, 2.75) is 19.9 Å². The van der Waals surface area contributed by atoms with Gasteiger partial charge in [0.1, 0.15) is 11.6 Å². The minimum absolute atomic E-state index is 0. The van der Waals surface area contributed by atoms with E-state index in [9.17, 15) is 17.6 Å². The van der Waals surface area contributed by atoms with Gasteiger partial charge >= 0.3 is 0 Å². The lowest BCUT2D eigenvalue weighted by molar-refractivity contribution is -0.131. The molecule has 0 saturated carbocycles. The van der Waals surface area contributed by atoms with E-state index in [1.54, 1.807) is 17.0 Å². The molecule has 1 aromatic rings. The van der Waals surface area contributed by atoms with E-state index < -0.39 is 21.5 Å². The maximum atomic E-state index is 13.4. The lowest BCUT2D eigenvalue weighted by atomic mass is 10.0. The van der Waals surface area contributed by atoms with Gasteiger partial charge in [0.15, 0.2) is 9.84 Å². The van der Waals surface area contributed by atoms with Crippen molar-refractivity contribution in [2.75, 3.05) is 31.1 Å². The molecular weight excluding hydrogens is 355 g/mol. The summed E-state index contributed by atoms with van der Waals surface area (Å²) < 4.78 is 37.6. The van der Waals surface area contributed by atoms with Crippen molar-refractivity contribution in [2.24, 2.45) is 5.92 Å². The van der Waals surface area contributed by atoms with Crippen LogP contribution in [0, 0.1) is 11.7 Å². The average Bonchev–Trinajstić information content (AvgIpc) is 2.45. The molecule has 1 fully saturated rings. The van der Waals surface area contributed by atoms with E-state index in [2.05, 4.69) is 5.32 Å². The van der Waals surface area contributed by atoms with Gasteiger partial charge in [0, 0.05) is 19.6 Å². The fraction of sp³-hybridized carbons (Fsp3) is 0.562. The van der Waals surface area contributed by atoms with Crippen LogP contribution >= 0.6 is 12.4 Å². The molecule has 0 radical (unpaired) electrons. The smallest absolute Gasteiger partial charge is 0.238 e. The highest BCUT2D eigenvalue weighted by atomic mass is 35.5. The fourth-order valence-corrected chi connectivity index (χ4v) is 4.53. The standard InChI is InChI=1S/C16H23FN2O3S.ClH/c1-12(2)10-23(21,22)11-16(20)19-7-6-18-9-15(19)13-4-3-5-14(17)8-13;/h3-5,8,12,15,18H,6-7,9-11H2,1-2H3;1H. The number of carbonyl (C=O) groups is 1. The average molecular weight is 379 g/mol. The summed E-state index contributed by atoms with van der Waals surface area (Å²) in [5.41, 5.74) is 0.673. The summed E-state index contributed by atoms with van der Waals surface area (Å²) in [5, 5.41) is 3.17. The molecule has 8 heteroatoms. The second-order valence-electron chi connectivity index (χ2n) is 6.31. The Kier molecular flexibility index (Phi) is 7.63. The maximum Gasteiger partial charge on any atom is 0.238 e. The van der Waals surface area contributed by atoms with Crippen LogP contribution in [-0.2, 0) is 14.6 Å². The van der Waals surface area contributed by atoms with Crippen LogP contribution in [0.2, 0.25) is 0 Å². The molecule has 1 aromatic carbocycles. The Labute approximate surface area is 148 Å². The van der Waals surface area contributed by atoms with Gasteiger partial charge in [0.25, 0.3) is 0 Å². The quantitative estimate of drug-likeness (QED) is 0.848. The number of sulfone groups is 1. The molecule has 24 heavy (non-hydrogen) atoms. The van der Waals surface area contributed by atoms with Gasteiger partial charge in [-0.05, 0) is 23.6 Å². The Balaban J connectivity index is 0.00000288. The Hall–Kier alpha value is -1.18. The van der Waals surface area contributed by atoms with Crippen LogP contribution in [0.5, 0.6) is 0 Å². The topological polar surface area (TPSA) is 66.5 Å². The first-order valence-corrected chi connectivity index (χ1v) is 9.57. The van der Waals surface area contributed by atoms with E-state index in [1.807, 2.05) is 13.8 Å². The summed E-state index contributed by atoms with van der Waals surface area (Å²) in [4.78, 5) is 14.0. The van der Waals surface area contributed by atoms with Crippen LogP contribution < -0.4 is 5.32 Å². The molecule has 1 saturated heterocycles. The predicted octanol–water partition coefficient (Wildman–Crippen LogP) is 1.79. The Morgan fingerprint density at radius 2 is 2.12 bits per heavy atom. The molecule has 0 aliphatic carbocycles. The lowest BCUT2D eigenvalue weighted by Gasteiger charge is -2.36. The first-order valence-electron chi connectivity index (χ1n) is 7.74. The summed E-state index contributed by atoms with van der Waals surface area (Å²) >= 11 is 0. The maximum absolute atomic E-state index is 13.4. The van der Waals surface area contributed by atoms with Gasteiger partial charge < -0.3 is 10.2 Å². The summed E-state index contributed by atoms with van der Waals surface area (Å²) in [5.74, 6) is -1.30. The highest BCUT2D eigenvalue weighted by molar-refractivity contribution is 7.92. The number of nitrogens with one attached hydrogen (secondary N) is 1. The first-order chi connectivity index (χ1) is 10.8. The molecule has 1 heterocycles. The molecule has 5 nitrogen and oxygen atoms in total. The molecule has 2 rings (SSSR count). The minimum Gasteiger partial charge on any atom is -0.332 e. The second kappa shape index (κ2) is 8.78. The Morgan fingerprint density at radius 3 is 2.75 bits per heavy atom. The molecule has 1 atom stereocenters. The van der Waals surface area contributed by atoms with Crippen LogP contribution in [0.4, 0.5) is 4.39 Å². The number of carbonyl (C=O) groups excluding carboxylic acids is 1. The van der Waals surface area contributed by atoms with Crippen LogP contribution in [0.1, 0.15) is 25.5 Å². The number of amides is 1. The molecule has 1 aliphatic rings. The number of hydrogen-bond acceptors (Lipinski definition) is 4. The highest BCUT2D eigenvalue weighted by Crippen LogP contribution is 2.23. The minimum atomic E-state index is -3.43. The zero-order valence-corrected chi connectivity index (χ0v) is 15.5.